The number of hydrogen-bond donors (Lipinski definition) is 1. The smallest absolute Gasteiger partial charge is 0.310 e. The summed E-state index contributed by atoms with van der Waals surface area (Å²) < 4.78 is 5.39. The summed E-state index contributed by atoms with van der Waals surface area (Å²) in [5, 5.41) is 3.24. The Morgan fingerprint density at radius 1 is 1.20 bits per heavy atom. The Balaban J connectivity index is 1.66. The minimum absolute atomic E-state index is 0.0223. The van der Waals surface area contributed by atoms with Gasteiger partial charge in [0.15, 0.2) is 0 Å². The summed E-state index contributed by atoms with van der Waals surface area (Å²) in [5.74, 6) is 0.778. The lowest BCUT2D eigenvalue weighted by Gasteiger charge is -2.21. The highest BCUT2D eigenvalue weighted by Gasteiger charge is 2.24. The molecule has 0 aromatic rings. The van der Waals surface area contributed by atoms with Crippen LogP contribution in [0.15, 0.2) is 0 Å². The normalized spacial score (nSPS) is 27.9. The zero-order chi connectivity index (χ0) is 10.5. The van der Waals surface area contributed by atoms with Crippen molar-refractivity contribution in [2.24, 2.45) is 11.8 Å². The molecule has 0 spiro atoms. The van der Waals surface area contributed by atoms with E-state index in [2.05, 4.69) is 5.32 Å². The topological polar surface area (TPSA) is 38.3 Å². The summed E-state index contributed by atoms with van der Waals surface area (Å²) in [6.45, 7) is 2.52. The van der Waals surface area contributed by atoms with Crippen molar-refractivity contribution in [2.75, 3.05) is 19.7 Å². The molecule has 2 aliphatic rings. The molecule has 1 N–H and O–H groups in total. The van der Waals surface area contributed by atoms with Gasteiger partial charge in [0.1, 0.15) is 0 Å². The van der Waals surface area contributed by atoms with Crippen molar-refractivity contribution >= 4 is 5.97 Å². The monoisotopic (exact) mass is 211 g/mol. The van der Waals surface area contributed by atoms with Crippen molar-refractivity contribution in [3.63, 3.8) is 0 Å². The molecular weight excluding hydrogens is 190 g/mol. The first-order valence-corrected chi connectivity index (χ1v) is 6.23. The van der Waals surface area contributed by atoms with Crippen molar-refractivity contribution in [3.05, 3.63) is 0 Å². The molecule has 0 radical (unpaired) electrons. The van der Waals surface area contributed by atoms with Gasteiger partial charge in [-0.3, -0.25) is 4.79 Å². The van der Waals surface area contributed by atoms with Crippen molar-refractivity contribution in [3.8, 4) is 0 Å². The summed E-state index contributed by atoms with van der Waals surface area (Å²) in [6.07, 6.45) is 7.21. The minimum Gasteiger partial charge on any atom is -0.465 e. The van der Waals surface area contributed by atoms with E-state index in [1.165, 1.54) is 25.7 Å². The van der Waals surface area contributed by atoms with Gasteiger partial charge in [0, 0.05) is 6.54 Å². The molecule has 3 nitrogen and oxygen atoms in total. The van der Waals surface area contributed by atoms with E-state index in [1.54, 1.807) is 0 Å². The van der Waals surface area contributed by atoms with Gasteiger partial charge in [-0.25, -0.2) is 0 Å². The summed E-state index contributed by atoms with van der Waals surface area (Å²) >= 11 is 0. The lowest BCUT2D eigenvalue weighted by atomic mass is 10.00. The second kappa shape index (κ2) is 5.50. The van der Waals surface area contributed by atoms with Crippen LogP contribution in [0.5, 0.6) is 0 Å². The maximum Gasteiger partial charge on any atom is 0.310 e. The largest absolute Gasteiger partial charge is 0.465 e. The fourth-order valence-electron chi connectivity index (χ4n) is 2.55. The second-order valence-corrected chi connectivity index (χ2v) is 4.82. The molecule has 2 fully saturated rings. The van der Waals surface area contributed by atoms with E-state index in [1.807, 2.05) is 0 Å². The predicted molar refractivity (Wildman–Crippen MR) is 58.5 cm³/mol. The first-order chi connectivity index (χ1) is 7.36. The Morgan fingerprint density at radius 3 is 2.67 bits per heavy atom. The molecule has 1 saturated heterocycles. The molecule has 1 unspecified atom stereocenters. The van der Waals surface area contributed by atoms with E-state index in [0.717, 1.165) is 25.9 Å². The Hall–Kier alpha value is -0.570. The molecule has 3 heteroatoms. The number of carbonyl (C=O) groups excluding carboxylic acids is 1. The standard InChI is InChI=1S/C12H21NO2/c14-12(11-6-3-7-13-8-11)15-9-10-4-1-2-5-10/h10-11,13H,1-9H2. The number of esters is 1. The second-order valence-electron chi connectivity index (χ2n) is 4.82. The van der Waals surface area contributed by atoms with Gasteiger partial charge in [-0.2, -0.15) is 0 Å². The van der Waals surface area contributed by atoms with Crippen LogP contribution in [-0.2, 0) is 9.53 Å². The van der Waals surface area contributed by atoms with E-state index in [-0.39, 0.29) is 11.9 Å². The first kappa shape index (κ1) is 10.9. The Bertz CT molecular complexity index is 206. The van der Waals surface area contributed by atoms with Crippen LogP contribution in [0.2, 0.25) is 0 Å². The molecule has 1 aliphatic heterocycles. The maximum atomic E-state index is 11.7. The molecule has 1 saturated carbocycles. The van der Waals surface area contributed by atoms with E-state index in [4.69, 9.17) is 4.74 Å². The minimum atomic E-state index is 0.0223. The molecule has 1 heterocycles. The van der Waals surface area contributed by atoms with Crippen LogP contribution in [0.3, 0.4) is 0 Å². The third kappa shape index (κ3) is 3.20. The van der Waals surface area contributed by atoms with Crippen LogP contribution in [0.1, 0.15) is 38.5 Å². The molecule has 1 atom stereocenters. The molecule has 2 rings (SSSR count). The zero-order valence-electron chi connectivity index (χ0n) is 9.34. The molecule has 0 aromatic heterocycles. The molecule has 86 valence electrons. The maximum absolute atomic E-state index is 11.7. The van der Waals surface area contributed by atoms with Crippen molar-refractivity contribution in [2.45, 2.75) is 38.5 Å². The van der Waals surface area contributed by atoms with Crippen molar-refractivity contribution in [1.82, 2.24) is 5.32 Å². The molecule has 15 heavy (non-hydrogen) atoms. The van der Waals surface area contributed by atoms with Crippen molar-refractivity contribution < 1.29 is 9.53 Å². The van der Waals surface area contributed by atoms with Gasteiger partial charge in [-0.05, 0) is 38.1 Å². The Morgan fingerprint density at radius 2 is 2.00 bits per heavy atom. The van der Waals surface area contributed by atoms with Gasteiger partial charge in [0.05, 0.1) is 12.5 Å². The molecular formula is C12H21NO2. The summed E-state index contributed by atoms with van der Waals surface area (Å²) in [7, 11) is 0. The van der Waals surface area contributed by atoms with Gasteiger partial charge in [-0.15, -0.1) is 0 Å². The number of rotatable bonds is 3. The van der Waals surface area contributed by atoms with Crippen LogP contribution < -0.4 is 5.32 Å². The number of carbonyl (C=O) groups is 1. The van der Waals surface area contributed by atoms with Crippen LogP contribution in [0.25, 0.3) is 0 Å². The fraction of sp³-hybridized carbons (Fsp3) is 0.917. The highest BCUT2D eigenvalue weighted by Crippen LogP contribution is 2.25. The quantitative estimate of drug-likeness (QED) is 0.722. The predicted octanol–water partition coefficient (Wildman–Crippen LogP) is 1.72. The number of nitrogens with one attached hydrogen (secondary N) is 1. The van der Waals surface area contributed by atoms with E-state index >= 15 is 0 Å². The van der Waals surface area contributed by atoms with Crippen LogP contribution >= 0.6 is 0 Å². The van der Waals surface area contributed by atoms with E-state index in [9.17, 15) is 4.79 Å². The number of hydrogen-bond acceptors (Lipinski definition) is 3. The van der Waals surface area contributed by atoms with Gasteiger partial charge >= 0.3 is 5.97 Å². The van der Waals surface area contributed by atoms with Gasteiger partial charge in [0.25, 0.3) is 0 Å². The van der Waals surface area contributed by atoms with Crippen LogP contribution in [0.4, 0.5) is 0 Å². The summed E-state index contributed by atoms with van der Waals surface area (Å²) in [5.41, 5.74) is 0. The Kier molecular flexibility index (Phi) is 4.01. The van der Waals surface area contributed by atoms with Crippen molar-refractivity contribution in [1.29, 1.82) is 0 Å². The highest BCUT2D eigenvalue weighted by molar-refractivity contribution is 5.72. The lowest BCUT2D eigenvalue weighted by Crippen LogP contribution is -2.35. The zero-order valence-corrected chi connectivity index (χ0v) is 9.34. The third-order valence-corrected chi connectivity index (χ3v) is 3.57. The molecule has 0 aromatic carbocycles. The van der Waals surface area contributed by atoms with Gasteiger partial charge < -0.3 is 10.1 Å². The van der Waals surface area contributed by atoms with Gasteiger partial charge in [-0.1, -0.05) is 12.8 Å². The highest BCUT2D eigenvalue weighted by atomic mass is 16.5. The molecule has 0 amide bonds. The van der Waals surface area contributed by atoms with E-state index < -0.39 is 0 Å². The van der Waals surface area contributed by atoms with Crippen LogP contribution in [0, 0.1) is 11.8 Å². The molecule has 1 aliphatic carbocycles. The first-order valence-electron chi connectivity index (χ1n) is 6.23. The average Bonchev–Trinajstić information content (AvgIpc) is 2.80. The van der Waals surface area contributed by atoms with Crippen LogP contribution in [-0.4, -0.2) is 25.7 Å². The lowest BCUT2D eigenvalue weighted by molar-refractivity contribution is -0.150. The third-order valence-electron chi connectivity index (χ3n) is 3.57. The number of piperidine rings is 1. The SMILES string of the molecule is O=C(OCC1CCCC1)C1CCCNC1. The number of ether oxygens (including phenoxy) is 1. The molecule has 0 bridgehead atoms. The summed E-state index contributed by atoms with van der Waals surface area (Å²) in [6, 6.07) is 0. The van der Waals surface area contributed by atoms with E-state index in [0.29, 0.717) is 12.5 Å². The fourth-order valence-corrected chi connectivity index (χ4v) is 2.55. The average molecular weight is 211 g/mol. The summed E-state index contributed by atoms with van der Waals surface area (Å²) in [4.78, 5) is 11.7. The van der Waals surface area contributed by atoms with Gasteiger partial charge in [0.2, 0.25) is 0 Å². The Labute approximate surface area is 91.6 Å².